The van der Waals surface area contributed by atoms with Gasteiger partial charge in [0.2, 0.25) is 11.8 Å². The van der Waals surface area contributed by atoms with Crippen molar-refractivity contribution >= 4 is 34.6 Å². The number of ether oxygens (including phenoxy) is 1. The third-order valence-electron chi connectivity index (χ3n) is 6.73. The van der Waals surface area contributed by atoms with Crippen LogP contribution >= 0.6 is 11.9 Å². The van der Waals surface area contributed by atoms with E-state index in [9.17, 15) is 13.6 Å². The normalized spacial score (nSPS) is 20.0. The average molecular weight is 503 g/mol. The number of fused-ring (bicyclic) bond motifs is 1. The van der Waals surface area contributed by atoms with Gasteiger partial charge in [0.15, 0.2) is 0 Å². The van der Waals surface area contributed by atoms with E-state index < -0.39 is 6.55 Å². The molecule has 2 aliphatic rings. The van der Waals surface area contributed by atoms with Crippen molar-refractivity contribution in [1.82, 2.24) is 24.2 Å². The Morgan fingerprint density at radius 1 is 1.17 bits per heavy atom. The van der Waals surface area contributed by atoms with Crippen LogP contribution in [0.25, 0.3) is 22.3 Å². The van der Waals surface area contributed by atoms with Crippen molar-refractivity contribution in [1.29, 1.82) is 0 Å². The summed E-state index contributed by atoms with van der Waals surface area (Å²) in [6.45, 7) is 3.49. The van der Waals surface area contributed by atoms with Gasteiger partial charge in [-0.25, -0.2) is 14.3 Å². The smallest absolute Gasteiger partial charge is 0.320 e. The number of hydrogen-bond donors (Lipinski definition) is 1. The minimum Gasteiger partial charge on any atom is -0.473 e. The Kier molecular flexibility index (Phi) is 6.79. The highest BCUT2D eigenvalue weighted by atomic mass is 32.2. The summed E-state index contributed by atoms with van der Waals surface area (Å²) >= 11 is 1.77. The van der Waals surface area contributed by atoms with Gasteiger partial charge in [-0.15, -0.1) is 0 Å². The van der Waals surface area contributed by atoms with Gasteiger partial charge in [0.25, 0.3) is 0 Å². The maximum absolute atomic E-state index is 13.7. The zero-order valence-electron chi connectivity index (χ0n) is 19.7. The Labute approximate surface area is 206 Å². The van der Waals surface area contributed by atoms with Gasteiger partial charge in [0.05, 0.1) is 11.2 Å². The molecule has 2 fully saturated rings. The number of amides is 1. The molecule has 2 saturated heterocycles. The summed E-state index contributed by atoms with van der Waals surface area (Å²) in [4.78, 5) is 22.8. The maximum atomic E-state index is 13.7. The van der Waals surface area contributed by atoms with E-state index in [2.05, 4.69) is 42.9 Å². The topological polar surface area (TPSA) is 75.5 Å². The summed E-state index contributed by atoms with van der Waals surface area (Å²) in [5.74, 6) is 0.00100. The van der Waals surface area contributed by atoms with Crippen LogP contribution in [0.2, 0.25) is 0 Å². The lowest BCUT2D eigenvalue weighted by Crippen LogP contribution is -2.43. The van der Waals surface area contributed by atoms with Crippen molar-refractivity contribution in [3.63, 3.8) is 0 Å². The van der Waals surface area contributed by atoms with Gasteiger partial charge in [-0.05, 0) is 31.4 Å². The van der Waals surface area contributed by atoms with E-state index in [4.69, 9.17) is 4.74 Å². The van der Waals surface area contributed by atoms with Crippen molar-refractivity contribution < 1.29 is 18.3 Å². The van der Waals surface area contributed by atoms with Gasteiger partial charge < -0.3 is 15.0 Å². The number of benzene rings is 1. The minimum absolute atomic E-state index is 0.0371. The molecule has 0 spiro atoms. The van der Waals surface area contributed by atoms with E-state index in [0.29, 0.717) is 24.2 Å². The highest BCUT2D eigenvalue weighted by Gasteiger charge is 2.29. The number of carbonyl (C=O) groups excluding carboxylic acids is 1. The molecule has 186 valence electrons. The Morgan fingerprint density at radius 2 is 1.91 bits per heavy atom. The Morgan fingerprint density at radius 3 is 2.54 bits per heavy atom. The molecule has 0 saturated carbocycles. The van der Waals surface area contributed by atoms with Gasteiger partial charge in [0.1, 0.15) is 17.9 Å². The second-order valence-electron chi connectivity index (χ2n) is 8.85. The van der Waals surface area contributed by atoms with Crippen LogP contribution in [-0.4, -0.2) is 69.8 Å². The molecule has 2 aromatic heterocycles. The lowest BCUT2D eigenvalue weighted by atomic mass is 10.0. The monoisotopic (exact) mass is 502 g/mol. The number of halogens is 2. The number of hydrogen-bond acceptors (Lipinski definition) is 7. The second kappa shape index (κ2) is 9.98. The lowest BCUT2D eigenvalue weighted by Gasteiger charge is -2.34. The molecular weight excluding hydrogens is 474 g/mol. The SMILES string of the molecule is CSN1CCN(c2ccc(-c3cc4ncn(C(F)F)c4c(O[C@H](C)[C@H]4CNC(=O)C4)n3)cc2)CC1. The number of pyridine rings is 1. The molecule has 4 heterocycles. The Hall–Kier alpha value is -2.92. The fourth-order valence-corrected chi connectivity index (χ4v) is 5.14. The van der Waals surface area contributed by atoms with Crippen molar-refractivity contribution in [2.24, 2.45) is 5.92 Å². The summed E-state index contributed by atoms with van der Waals surface area (Å²) < 4.78 is 36.6. The van der Waals surface area contributed by atoms with Gasteiger partial charge in [0, 0.05) is 56.3 Å². The zero-order valence-corrected chi connectivity index (χ0v) is 20.5. The van der Waals surface area contributed by atoms with Crippen molar-refractivity contribution in [3.8, 4) is 17.1 Å². The van der Waals surface area contributed by atoms with Gasteiger partial charge in [-0.3, -0.25) is 9.36 Å². The number of rotatable bonds is 7. The van der Waals surface area contributed by atoms with E-state index in [1.807, 2.05) is 19.1 Å². The summed E-state index contributed by atoms with van der Waals surface area (Å²) in [7, 11) is 0. The first-order valence-corrected chi connectivity index (χ1v) is 12.8. The molecule has 1 N–H and O–H groups in total. The van der Waals surface area contributed by atoms with Gasteiger partial charge >= 0.3 is 6.55 Å². The van der Waals surface area contributed by atoms with Crippen LogP contribution in [0.4, 0.5) is 14.5 Å². The standard InChI is InChI=1S/C24H28F2N6O2S/c1-15(17-11-21(33)27-13-17)34-23-22-20(28-14-32(22)24(25)26)12-19(29-23)16-3-5-18(6-4-16)30-7-9-31(35-2)10-8-30/h3-6,12,14-15,17,24H,7-11,13H2,1-2H3,(H,27,33)/t15-,17-/m1/s1. The third-order valence-corrected chi connectivity index (χ3v) is 7.61. The molecule has 35 heavy (non-hydrogen) atoms. The fraction of sp³-hybridized carbons (Fsp3) is 0.458. The summed E-state index contributed by atoms with van der Waals surface area (Å²) in [6, 6.07) is 9.81. The van der Waals surface area contributed by atoms with Crippen LogP contribution in [0.3, 0.4) is 0 Å². The van der Waals surface area contributed by atoms with E-state index in [0.717, 1.165) is 48.3 Å². The van der Waals surface area contributed by atoms with Crippen molar-refractivity contribution in [2.45, 2.75) is 26.0 Å². The Balaban J connectivity index is 1.44. The first kappa shape index (κ1) is 23.8. The number of carbonyl (C=O) groups is 1. The third kappa shape index (κ3) is 4.92. The van der Waals surface area contributed by atoms with Crippen LogP contribution < -0.4 is 15.0 Å². The number of aromatic nitrogens is 3. The van der Waals surface area contributed by atoms with E-state index in [1.165, 1.54) is 0 Å². The number of anilines is 1. The largest absolute Gasteiger partial charge is 0.473 e. The Bertz CT molecular complexity index is 1200. The van der Waals surface area contributed by atoms with Crippen LogP contribution in [0, 0.1) is 5.92 Å². The molecule has 0 aliphatic carbocycles. The molecule has 0 bridgehead atoms. The highest BCUT2D eigenvalue weighted by molar-refractivity contribution is 7.96. The van der Waals surface area contributed by atoms with Crippen molar-refractivity contribution in [3.05, 3.63) is 36.7 Å². The molecule has 11 heteroatoms. The molecule has 2 atom stereocenters. The minimum atomic E-state index is -2.77. The van der Waals surface area contributed by atoms with Crippen LogP contribution in [-0.2, 0) is 4.79 Å². The molecular formula is C24H28F2N6O2S. The molecule has 1 aromatic carbocycles. The number of nitrogens with one attached hydrogen (secondary N) is 1. The number of piperazine rings is 1. The predicted octanol–water partition coefficient (Wildman–Crippen LogP) is 3.80. The quantitative estimate of drug-likeness (QED) is 0.493. The zero-order chi connectivity index (χ0) is 24.5. The fourth-order valence-electron chi connectivity index (χ4n) is 4.61. The molecule has 3 aromatic rings. The highest BCUT2D eigenvalue weighted by Crippen LogP contribution is 2.33. The first-order chi connectivity index (χ1) is 16.9. The van der Waals surface area contributed by atoms with E-state index in [1.54, 1.807) is 18.0 Å². The predicted molar refractivity (Wildman–Crippen MR) is 133 cm³/mol. The van der Waals surface area contributed by atoms with Crippen LogP contribution in [0.5, 0.6) is 5.88 Å². The lowest BCUT2D eigenvalue weighted by molar-refractivity contribution is -0.119. The molecule has 0 radical (unpaired) electrons. The molecule has 0 unspecified atom stereocenters. The second-order valence-corrected chi connectivity index (χ2v) is 9.73. The van der Waals surface area contributed by atoms with Crippen LogP contribution in [0.1, 0.15) is 19.9 Å². The number of nitrogens with zero attached hydrogens (tertiary/aromatic N) is 5. The number of imidazole rings is 1. The molecule has 2 aliphatic heterocycles. The van der Waals surface area contributed by atoms with Gasteiger partial charge in [-0.2, -0.15) is 8.78 Å². The average Bonchev–Trinajstić information content (AvgIpc) is 3.51. The molecule has 1 amide bonds. The summed E-state index contributed by atoms with van der Waals surface area (Å²) in [6.07, 6.45) is 3.16. The summed E-state index contributed by atoms with van der Waals surface area (Å²) in [5, 5.41) is 2.79. The van der Waals surface area contributed by atoms with E-state index in [-0.39, 0.29) is 29.3 Å². The summed E-state index contributed by atoms with van der Waals surface area (Å²) in [5.41, 5.74) is 3.12. The van der Waals surface area contributed by atoms with E-state index >= 15 is 0 Å². The van der Waals surface area contributed by atoms with Gasteiger partial charge in [-0.1, -0.05) is 24.1 Å². The number of alkyl halides is 2. The molecule has 5 rings (SSSR count). The van der Waals surface area contributed by atoms with Crippen LogP contribution in [0.15, 0.2) is 36.7 Å². The van der Waals surface area contributed by atoms with Crippen molar-refractivity contribution in [2.75, 3.05) is 43.9 Å². The maximum Gasteiger partial charge on any atom is 0.320 e. The first-order valence-electron chi connectivity index (χ1n) is 11.7. The molecule has 8 nitrogen and oxygen atoms in total.